The van der Waals surface area contributed by atoms with Crippen molar-refractivity contribution in [2.75, 3.05) is 13.1 Å². The molecule has 1 fully saturated rings. The van der Waals surface area contributed by atoms with E-state index in [1.54, 1.807) is 4.90 Å². The molecule has 1 saturated heterocycles. The third-order valence-electron chi connectivity index (χ3n) is 3.03. The number of carbonyl (C=O) groups is 2. The zero-order valence-electron chi connectivity index (χ0n) is 11.6. The van der Waals surface area contributed by atoms with Gasteiger partial charge in [-0.2, -0.15) is 0 Å². The summed E-state index contributed by atoms with van der Waals surface area (Å²) in [5.41, 5.74) is -0.506. The zero-order chi connectivity index (χ0) is 13.9. The summed E-state index contributed by atoms with van der Waals surface area (Å²) in [7, 11) is 0. The van der Waals surface area contributed by atoms with Gasteiger partial charge in [0.25, 0.3) is 0 Å². The molecule has 1 N–H and O–H groups in total. The fourth-order valence-electron chi connectivity index (χ4n) is 2.37. The molecule has 0 saturated carbocycles. The summed E-state index contributed by atoms with van der Waals surface area (Å²) in [6, 6.07) is 0. The molecule has 18 heavy (non-hydrogen) atoms. The van der Waals surface area contributed by atoms with Crippen LogP contribution in [0.1, 0.15) is 40.5 Å². The van der Waals surface area contributed by atoms with E-state index in [0.717, 1.165) is 0 Å². The first kappa shape index (κ1) is 15.0. The molecule has 0 radical (unpaired) electrons. The molecule has 1 heterocycles. The second kappa shape index (κ2) is 5.69. The first-order valence-corrected chi connectivity index (χ1v) is 6.34. The second-order valence-corrected chi connectivity index (χ2v) is 5.97. The lowest BCUT2D eigenvalue weighted by molar-refractivity contribution is -0.146. The number of carboxylic acid groups (broad SMARTS) is 1. The quantitative estimate of drug-likeness (QED) is 0.829. The Bertz CT molecular complexity index is 317. The molecule has 1 rings (SSSR count). The average Bonchev–Trinajstić information content (AvgIpc) is 2.12. The van der Waals surface area contributed by atoms with E-state index in [9.17, 15) is 9.59 Å². The van der Waals surface area contributed by atoms with Crippen LogP contribution in [-0.4, -0.2) is 47.2 Å². The van der Waals surface area contributed by atoms with E-state index in [1.807, 2.05) is 27.7 Å². The molecule has 5 nitrogen and oxygen atoms in total. The Morgan fingerprint density at radius 3 is 2.17 bits per heavy atom. The third kappa shape index (κ3) is 4.64. The van der Waals surface area contributed by atoms with E-state index >= 15 is 0 Å². The van der Waals surface area contributed by atoms with Gasteiger partial charge >= 0.3 is 5.97 Å². The van der Waals surface area contributed by atoms with Crippen molar-refractivity contribution in [2.24, 2.45) is 5.41 Å². The Morgan fingerprint density at radius 2 is 1.72 bits per heavy atom. The lowest BCUT2D eigenvalue weighted by Crippen LogP contribution is -2.49. The highest BCUT2D eigenvalue weighted by Gasteiger charge is 2.31. The maximum absolute atomic E-state index is 12.2. The smallest absolute Gasteiger partial charge is 0.303 e. The SMILES string of the molecule is C[C@@H]1CN(C(=O)CC(C)(C)CC(=O)O)C[C@H](C)O1. The number of aliphatic carboxylic acids is 1. The molecular formula is C13H23NO4. The standard InChI is InChI=1S/C13H23NO4/c1-9-7-14(8-10(2)18-9)11(15)5-13(3,4)6-12(16)17/h9-10H,5-8H2,1-4H3,(H,16,17)/t9-,10+. The maximum Gasteiger partial charge on any atom is 0.303 e. The molecule has 104 valence electrons. The Hall–Kier alpha value is -1.10. The first-order valence-electron chi connectivity index (χ1n) is 6.34. The van der Waals surface area contributed by atoms with Crippen LogP contribution in [0.2, 0.25) is 0 Å². The van der Waals surface area contributed by atoms with Crippen LogP contribution in [0.15, 0.2) is 0 Å². The van der Waals surface area contributed by atoms with Gasteiger partial charge in [-0.1, -0.05) is 13.8 Å². The van der Waals surface area contributed by atoms with Crippen LogP contribution in [0.3, 0.4) is 0 Å². The molecule has 0 aromatic heterocycles. The molecule has 0 aromatic rings. The van der Waals surface area contributed by atoms with E-state index in [0.29, 0.717) is 13.1 Å². The van der Waals surface area contributed by atoms with Crippen LogP contribution in [-0.2, 0) is 14.3 Å². The van der Waals surface area contributed by atoms with E-state index in [2.05, 4.69) is 0 Å². The minimum atomic E-state index is -0.864. The van der Waals surface area contributed by atoms with Crippen molar-refractivity contribution < 1.29 is 19.4 Å². The van der Waals surface area contributed by atoms with Gasteiger partial charge in [0, 0.05) is 19.5 Å². The van der Waals surface area contributed by atoms with E-state index in [-0.39, 0.29) is 31.0 Å². The summed E-state index contributed by atoms with van der Waals surface area (Å²) in [5.74, 6) is -0.847. The Kier molecular flexibility index (Phi) is 4.73. The van der Waals surface area contributed by atoms with Crippen LogP contribution < -0.4 is 0 Å². The topological polar surface area (TPSA) is 66.8 Å². The van der Waals surface area contributed by atoms with Gasteiger partial charge in [0.15, 0.2) is 0 Å². The van der Waals surface area contributed by atoms with Crippen LogP contribution in [0.25, 0.3) is 0 Å². The van der Waals surface area contributed by atoms with Crippen LogP contribution >= 0.6 is 0 Å². The summed E-state index contributed by atoms with van der Waals surface area (Å²) >= 11 is 0. The predicted octanol–water partition coefficient (Wildman–Crippen LogP) is 1.51. The van der Waals surface area contributed by atoms with Crippen molar-refractivity contribution in [2.45, 2.75) is 52.7 Å². The van der Waals surface area contributed by atoms with Crippen molar-refractivity contribution in [3.05, 3.63) is 0 Å². The highest BCUT2D eigenvalue weighted by atomic mass is 16.5. The fourth-order valence-corrected chi connectivity index (χ4v) is 2.37. The fraction of sp³-hybridized carbons (Fsp3) is 0.846. The van der Waals surface area contributed by atoms with Crippen molar-refractivity contribution >= 4 is 11.9 Å². The number of hydrogen-bond donors (Lipinski definition) is 1. The van der Waals surface area contributed by atoms with Crippen LogP contribution in [0.5, 0.6) is 0 Å². The van der Waals surface area contributed by atoms with Gasteiger partial charge in [-0.15, -0.1) is 0 Å². The highest BCUT2D eigenvalue weighted by Crippen LogP contribution is 2.26. The van der Waals surface area contributed by atoms with Crippen LogP contribution in [0.4, 0.5) is 0 Å². The number of carbonyl (C=O) groups excluding carboxylic acids is 1. The molecule has 0 aromatic carbocycles. The molecule has 1 aliphatic heterocycles. The Morgan fingerprint density at radius 1 is 1.22 bits per heavy atom. The Balaban J connectivity index is 2.56. The average molecular weight is 257 g/mol. The number of amides is 1. The number of morpholine rings is 1. The van der Waals surface area contributed by atoms with Gasteiger partial charge in [-0.25, -0.2) is 0 Å². The van der Waals surface area contributed by atoms with Gasteiger partial charge < -0.3 is 14.7 Å². The van der Waals surface area contributed by atoms with Gasteiger partial charge in [0.2, 0.25) is 5.91 Å². The predicted molar refractivity (Wildman–Crippen MR) is 67.2 cm³/mol. The molecular weight excluding hydrogens is 234 g/mol. The normalized spacial score (nSPS) is 25.0. The summed E-state index contributed by atoms with van der Waals surface area (Å²) in [6.45, 7) is 8.69. The summed E-state index contributed by atoms with van der Waals surface area (Å²) in [5, 5.41) is 8.81. The molecule has 2 atom stereocenters. The second-order valence-electron chi connectivity index (χ2n) is 5.97. The molecule has 5 heteroatoms. The summed E-state index contributed by atoms with van der Waals surface area (Å²) in [6.07, 6.45) is 0.355. The van der Waals surface area contributed by atoms with Gasteiger partial charge in [-0.05, 0) is 19.3 Å². The maximum atomic E-state index is 12.2. The molecule has 1 amide bonds. The molecule has 0 bridgehead atoms. The molecule has 1 aliphatic rings. The molecule has 0 spiro atoms. The zero-order valence-corrected chi connectivity index (χ0v) is 11.6. The van der Waals surface area contributed by atoms with E-state index in [4.69, 9.17) is 9.84 Å². The van der Waals surface area contributed by atoms with Gasteiger partial charge in [0.1, 0.15) is 0 Å². The number of hydrogen-bond acceptors (Lipinski definition) is 3. The van der Waals surface area contributed by atoms with Crippen LogP contribution in [0, 0.1) is 5.41 Å². The number of carboxylic acids is 1. The van der Waals surface area contributed by atoms with Crippen molar-refractivity contribution in [3.63, 3.8) is 0 Å². The monoisotopic (exact) mass is 257 g/mol. The van der Waals surface area contributed by atoms with E-state index in [1.165, 1.54) is 0 Å². The minimum absolute atomic E-state index is 0.00812. The highest BCUT2D eigenvalue weighted by molar-refractivity contribution is 5.78. The molecule has 0 unspecified atom stereocenters. The Labute approximate surface area is 108 Å². The summed E-state index contributed by atoms with van der Waals surface area (Å²) in [4.78, 5) is 24.7. The first-order chi connectivity index (χ1) is 8.19. The van der Waals surface area contributed by atoms with Crippen molar-refractivity contribution in [1.82, 2.24) is 4.90 Å². The number of nitrogens with zero attached hydrogens (tertiary/aromatic N) is 1. The van der Waals surface area contributed by atoms with Gasteiger partial charge in [0.05, 0.1) is 18.6 Å². The lowest BCUT2D eigenvalue weighted by Gasteiger charge is -2.37. The van der Waals surface area contributed by atoms with Gasteiger partial charge in [-0.3, -0.25) is 9.59 Å². The lowest BCUT2D eigenvalue weighted by atomic mass is 9.85. The summed E-state index contributed by atoms with van der Waals surface area (Å²) < 4.78 is 5.57. The van der Waals surface area contributed by atoms with Crippen molar-refractivity contribution in [1.29, 1.82) is 0 Å². The molecule has 0 aliphatic carbocycles. The van der Waals surface area contributed by atoms with E-state index < -0.39 is 11.4 Å². The largest absolute Gasteiger partial charge is 0.481 e. The van der Waals surface area contributed by atoms with Crippen molar-refractivity contribution in [3.8, 4) is 0 Å². The third-order valence-corrected chi connectivity index (χ3v) is 3.03. The number of ether oxygens (including phenoxy) is 1. The number of rotatable bonds is 4. The minimum Gasteiger partial charge on any atom is -0.481 e.